The fourth-order valence-electron chi connectivity index (χ4n) is 1.23. The molecule has 0 aliphatic rings. The molecule has 0 unspecified atom stereocenters. The van der Waals surface area contributed by atoms with Crippen molar-refractivity contribution >= 4 is 0 Å². The van der Waals surface area contributed by atoms with Crippen molar-refractivity contribution in [3.05, 3.63) is 24.8 Å². The molecule has 0 nitrogen and oxygen atoms in total. The van der Waals surface area contributed by atoms with Gasteiger partial charge >= 0.3 is 0 Å². The molecule has 0 rings (SSSR count). The minimum absolute atomic E-state index is 1.18. The largest absolute Gasteiger partial charge is 0.103 e. The van der Waals surface area contributed by atoms with E-state index in [1.165, 1.54) is 57.8 Å². The smallest absolute Gasteiger partial charge is 0.0351 e. The lowest BCUT2D eigenvalue weighted by Gasteiger charge is -1.89. The predicted molar refractivity (Wildman–Crippen MR) is 77.9 cm³/mol. The van der Waals surface area contributed by atoms with E-state index in [9.17, 15) is 0 Å². The minimum Gasteiger partial charge on any atom is -0.103 e. The molecule has 0 N–H and O–H groups in total. The van der Waals surface area contributed by atoms with Crippen LogP contribution in [0.15, 0.2) is 24.8 Å². The second-order valence-corrected chi connectivity index (χ2v) is 4.19. The van der Waals surface area contributed by atoms with E-state index in [-0.39, 0.29) is 0 Å². The van der Waals surface area contributed by atoms with E-state index < -0.39 is 0 Å². The molecule has 16 heavy (non-hydrogen) atoms. The molecule has 0 bridgehead atoms. The summed E-state index contributed by atoms with van der Waals surface area (Å²) in [5.74, 6) is 0. The third-order valence-electron chi connectivity index (χ3n) is 2.38. The summed E-state index contributed by atoms with van der Waals surface area (Å²) in [6.45, 7) is 10.3. The molecule has 0 atom stereocenters. The van der Waals surface area contributed by atoms with Crippen LogP contribution in [0.5, 0.6) is 0 Å². The monoisotopic (exact) mass is 224 g/mol. The molecule has 0 aliphatic heterocycles. The Morgan fingerprint density at radius 1 is 0.688 bits per heavy atom. The summed E-state index contributed by atoms with van der Waals surface area (Å²) in [5.41, 5.74) is 0. The van der Waals surface area contributed by atoms with Crippen LogP contribution in [0.1, 0.15) is 78.6 Å². The van der Waals surface area contributed by atoms with Crippen molar-refractivity contribution in [3.63, 3.8) is 0 Å². The van der Waals surface area contributed by atoms with Crippen LogP contribution in [0.3, 0.4) is 0 Å². The molecule has 0 fully saturated rings. The van der Waals surface area contributed by atoms with Crippen LogP contribution >= 0.6 is 0 Å². The summed E-state index contributed by atoms with van der Waals surface area (Å²) in [5, 5.41) is 0. The summed E-state index contributed by atoms with van der Waals surface area (Å²) < 4.78 is 0. The predicted octanol–water partition coefficient (Wildman–Crippen LogP) is 6.29. The summed E-state index contributed by atoms with van der Waals surface area (Å²) in [4.78, 5) is 0. The molecule has 0 heterocycles. The van der Waals surface area contributed by atoms with Crippen LogP contribution < -0.4 is 0 Å². The van der Waals surface area contributed by atoms with Crippen molar-refractivity contribution < 1.29 is 0 Å². The molecule has 96 valence electrons. The van der Waals surface area contributed by atoms with Gasteiger partial charge in [-0.05, 0) is 19.3 Å². The van der Waals surface area contributed by atoms with Gasteiger partial charge in [0.1, 0.15) is 0 Å². The normalized spacial score (nSPS) is 9.94. The lowest BCUT2D eigenvalue weighted by Crippen LogP contribution is -1.69. The third kappa shape index (κ3) is 23.4. The molecule has 0 aromatic carbocycles. The fraction of sp³-hybridized carbons (Fsp3) is 0.750. The van der Waals surface area contributed by atoms with Crippen molar-refractivity contribution in [1.29, 1.82) is 0 Å². The molecule has 0 aromatic rings. The Bertz CT molecular complexity index is 123. The maximum absolute atomic E-state index is 3.60. The second-order valence-electron chi connectivity index (χ2n) is 4.19. The maximum Gasteiger partial charge on any atom is -0.0351 e. The SMILES string of the molecule is C=CCCCC.CCCCC=CCCCC. The van der Waals surface area contributed by atoms with Gasteiger partial charge in [-0.2, -0.15) is 0 Å². The molecule has 0 saturated heterocycles. The Labute approximate surface area is 104 Å². The zero-order chi connectivity index (χ0) is 12.5. The first kappa shape index (κ1) is 17.9. The van der Waals surface area contributed by atoms with Crippen molar-refractivity contribution in [1.82, 2.24) is 0 Å². The van der Waals surface area contributed by atoms with Crippen molar-refractivity contribution in [2.75, 3.05) is 0 Å². The molecular formula is C16H32. The van der Waals surface area contributed by atoms with Crippen molar-refractivity contribution in [2.45, 2.75) is 78.6 Å². The lowest BCUT2D eigenvalue weighted by molar-refractivity contribution is 0.793. The summed E-state index contributed by atoms with van der Waals surface area (Å²) in [6, 6.07) is 0. The van der Waals surface area contributed by atoms with E-state index in [4.69, 9.17) is 0 Å². The van der Waals surface area contributed by atoms with Gasteiger partial charge in [0.05, 0.1) is 0 Å². The summed E-state index contributed by atoms with van der Waals surface area (Å²) >= 11 is 0. The highest BCUT2D eigenvalue weighted by molar-refractivity contribution is 4.80. The zero-order valence-electron chi connectivity index (χ0n) is 11.8. The number of hydrogen-bond acceptors (Lipinski definition) is 0. The fourth-order valence-corrected chi connectivity index (χ4v) is 1.23. The first-order valence-electron chi connectivity index (χ1n) is 7.09. The number of rotatable bonds is 9. The maximum atomic E-state index is 3.60. The van der Waals surface area contributed by atoms with Gasteiger partial charge in [-0.1, -0.05) is 77.5 Å². The van der Waals surface area contributed by atoms with Gasteiger partial charge in [-0.3, -0.25) is 0 Å². The molecule has 0 aromatic heterocycles. The van der Waals surface area contributed by atoms with E-state index in [0.29, 0.717) is 0 Å². The Hall–Kier alpha value is -0.520. The van der Waals surface area contributed by atoms with Gasteiger partial charge in [-0.15, -0.1) is 6.58 Å². The summed E-state index contributed by atoms with van der Waals surface area (Å²) in [6.07, 6.45) is 18.2. The quantitative estimate of drug-likeness (QED) is 0.319. The van der Waals surface area contributed by atoms with Gasteiger partial charge in [0.15, 0.2) is 0 Å². The number of allylic oxidation sites excluding steroid dienone is 3. The first-order valence-corrected chi connectivity index (χ1v) is 7.09. The minimum atomic E-state index is 1.18. The second kappa shape index (κ2) is 20.0. The Kier molecular flexibility index (Phi) is 22.3. The molecule has 0 aliphatic carbocycles. The third-order valence-corrected chi connectivity index (χ3v) is 2.38. The topological polar surface area (TPSA) is 0 Å². The van der Waals surface area contributed by atoms with Crippen LogP contribution in [0, 0.1) is 0 Å². The Morgan fingerprint density at radius 2 is 1.06 bits per heavy atom. The summed E-state index contributed by atoms with van der Waals surface area (Å²) in [7, 11) is 0. The lowest BCUT2D eigenvalue weighted by atomic mass is 10.2. The van der Waals surface area contributed by atoms with E-state index in [0.717, 1.165) is 0 Å². The molecule has 0 amide bonds. The number of unbranched alkanes of at least 4 members (excludes halogenated alkanes) is 6. The van der Waals surface area contributed by atoms with Crippen LogP contribution in [-0.2, 0) is 0 Å². The van der Waals surface area contributed by atoms with Crippen LogP contribution in [0.25, 0.3) is 0 Å². The van der Waals surface area contributed by atoms with E-state index in [2.05, 4.69) is 39.5 Å². The zero-order valence-corrected chi connectivity index (χ0v) is 11.8. The van der Waals surface area contributed by atoms with Gasteiger partial charge < -0.3 is 0 Å². The van der Waals surface area contributed by atoms with Gasteiger partial charge in [-0.25, -0.2) is 0 Å². The van der Waals surface area contributed by atoms with Crippen molar-refractivity contribution in [3.8, 4) is 0 Å². The van der Waals surface area contributed by atoms with Crippen LogP contribution in [0.2, 0.25) is 0 Å². The van der Waals surface area contributed by atoms with Gasteiger partial charge in [0, 0.05) is 0 Å². The highest BCUT2D eigenvalue weighted by atomic mass is 13.9. The Morgan fingerprint density at radius 3 is 1.31 bits per heavy atom. The highest BCUT2D eigenvalue weighted by Crippen LogP contribution is 1.99. The first-order chi connectivity index (χ1) is 7.83. The van der Waals surface area contributed by atoms with E-state index in [1.807, 2.05) is 6.08 Å². The molecule has 0 radical (unpaired) electrons. The highest BCUT2D eigenvalue weighted by Gasteiger charge is 1.78. The Balaban J connectivity index is 0. The van der Waals surface area contributed by atoms with Gasteiger partial charge in [0.25, 0.3) is 0 Å². The van der Waals surface area contributed by atoms with Crippen molar-refractivity contribution in [2.24, 2.45) is 0 Å². The number of hydrogen-bond donors (Lipinski definition) is 0. The molecule has 0 spiro atoms. The average molecular weight is 224 g/mol. The van der Waals surface area contributed by atoms with Gasteiger partial charge in [0.2, 0.25) is 0 Å². The molecule has 0 heteroatoms. The van der Waals surface area contributed by atoms with E-state index in [1.54, 1.807) is 0 Å². The average Bonchev–Trinajstić information content (AvgIpc) is 2.32. The molecule has 0 saturated carbocycles. The van der Waals surface area contributed by atoms with Crippen LogP contribution in [0.4, 0.5) is 0 Å². The standard InChI is InChI=1S/C10H20.C6H12/c1-3-5-7-9-10-8-6-4-2;1-3-5-6-4-2/h9-10H,3-8H2,1-2H3;3H,1,4-6H2,2H3. The molecular weight excluding hydrogens is 192 g/mol. The van der Waals surface area contributed by atoms with Crippen LogP contribution in [-0.4, -0.2) is 0 Å². The van der Waals surface area contributed by atoms with E-state index >= 15 is 0 Å².